The Bertz CT molecular complexity index is 734. The van der Waals surface area contributed by atoms with Crippen molar-refractivity contribution in [1.29, 1.82) is 0 Å². The van der Waals surface area contributed by atoms with Crippen molar-refractivity contribution in [1.82, 2.24) is 15.2 Å². The third kappa shape index (κ3) is 4.01. The number of nitrogens with one attached hydrogen (secondary N) is 2. The monoisotopic (exact) mass is 365 g/mol. The first-order valence-electron chi connectivity index (χ1n) is 8.69. The molecule has 2 N–H and O–H groups in total. The molecule has 1 saturated heterocycles. The van der Waals surface area contributed by atoms with Gasteiger partial charge in [-0.25, -0.2) is 8.42 Å². The lowest BCUT2D eigenvalue weighted by Gasteiger charge is -2.15. The van der Waals surface area contributed by atoms with Crippen LogP contribution in [-0.4, -0.2) is 37.6 Å². The molecule has 0 radical (unpaired) electrons. The molecular weight excluding hydrogens is 342 g/mol. The van der Waals surface area contributed by atoms with Crippen LogP contribution in [0.4, 0.5) is 0 Å². The highest BCUT2D eigenvalue weighted by Gasteiger charge is 2.27. The summed E-state index contributed by atoms with van der Waals surface area (Å²) in [5.41, 5.74) is 5.14. The number of amides is 2. The van der Waals surface area contributed by atoms with Crippen LogP contribution in [0.5, 0.6) is 0 Å². The molecule has 1 aromatic carbocycles. The fraction of sp³-hybridized carbons (Fsp3) is 0.529. The van der Waals surface area contributed by atoms with Crippen molar-refractivity contribution in [3.8, 4) is 0 Å². The Morgan fingerprint density at radius 1 is 0.920 bits per heavy atom. The Kier molecular flexibility index (Phi) is 5.39. The van der Waals surface area contributed by atoms with E-state index in [1.165, 1.54) is 28.6 Å². The first-order chi connectivity index (χ1) is 12.0. The third-order valence-corrected chi connectivity index (χ3v) is 6.76. The fourth-order valence-electron chi connectivity index (χ4n) is 3.34. The minimum atomic E-state index is -3.49. The number of carbonyl (C=O) groups excluding carboxylic acids is 2. The minimum absolute atomic E-state index is 0.0340. The summed E-state index contributed by atoms with van der Waals surface area (Å²) in [7, 11) is -3.49. The van der Waals surface area contributed by atoms with Crippen molar-refractivity contribution in [3.05, 3.63) is 29.8 Å². The topological polar surface area (TPSA) is 95.6 Å². The van der Waals surface area contributed by atoms with E-state index < -0.39 is 15.9 Å². The first kappa shape index (κ1) is 17.9. The Labute approximate surface area is 147 Å². The number of nitrogens with zero attached hydrogens (tertiary/aromatic N) is 1. The van der Waals surface area contributed by atoms with E-state index in [9.17, 15) is 18.0 Å². The maximum absolute atomic E-state index is 12.4. The highest BCUT2D eigenvalue weighted by molar-refractivity contribution is 7.89. The number of carbonyl (C=O) groups is 2. The third-order valence-electron chi connectivity index (χ3n) is 4.84. The molecule has 1 saturated carbocycles. The molecule has 1 aliphatic heterocycles. The number of hydrogen-bond donors (Lipinski definition) is 2. The number of rotatable bonds is 4. The summed E-state index contributed by atoms with van der Waals surface area (Å²) >= 11 is 0. The maximum Gasteiger partial charge on any atom is 0.269 e. The first-order valence-corrected chi connectivity index (χ1v) is 10.1. The van der Waals surface area contributed by atoms with E-state index in [2.05, 4.69) is 10.9 Å². The van der Waals surface area contributed by atoms with Gasteiger partial charge in [-0.15, -0.1) is 0 Å². The summed E-state index contributed by atoms with van der Waals surface area (Å²) in [6, 6.07) is 5.78. The van der Waals surface area contributed by atoms with Crippen LogP contribution in [0.25, 0.3) is 0 Å². The second-order valence-electron chi connectivity index (χ2n) is 6.56. The van der Waals surface area contributed by atoms with Crippen molar-refractivity contribution in [3.63, 3.8) is 0 Å². The molecule has 1 aromatic rings. The molecule has 0 bridgehead atoms. The van der Waals surface area contributed by atoms with Gasteiger partial charge in [-0.2, -0.15) is 4.31 Å². The summed E-state index contributed by atoms with van der Waals surface area (Å²) < 4.78 is 26.4. The van der Waals surface area contributed by atoms with Gasteiger partial charge in [0.05, 0.1) is 4.90 Å². The molecule has 0 aromatic heterocycles. The lowest BCUT2D eigenvalue weighted by molar-refractivity contribution is -0.125. The van der Waals surface area contributed by atoms with E-state index in [1.807, 2.05) is 0 Å². The van der Waals surface area contributed by atoms with Gasteiger partial charge in [0.1, 0.15) is 0 Å². The summed E-state index contributed by atoms with van der Waals surface area (Å²) in [6.45, 7) is 1.08. The second kappa shape index (κ2) is 7.53. The second-order valence-corrected chi connectivity index (χ2v) is 8.50. The molecule has 3 rings (SSSR count). The molecule has 136 valence electrons. The van der Waals surface area contributed by atoms with E-state index >= 15 is 0 Å². The maximum atomic E-state index is 12.4. The molecule has 1 heterocycles. The fourth-order valence-corrected chi connectivity index (χ4v) is 4.85. The molecule has 0 unspecified atom stereocenters. The standard InChI is InChI=1S/C17H23N3O4S/c21-16(13-5-1-2-6-13)18-19-17(22)14-7-9-15(10-8-14)25(23,24)20-11-3-4-12-20/h7-10,13H,1-6,11-12H2,(H,18,21)(H,19,22). The van der Waals surface area contributed by atoms with E-state index in [4.69, 9.17) is 0 Å². The van der Waals surface area contributed by atoms with Crippen LogP contribution in [0.1, 0.15) is 48.9 Å². The van der Waals surface area contributed by atoms with E-state index in [0.29, 0.717) is 18.7 Å². The van der Waals surface area contributed by atoms with Gasteiger partial charge >= 0.3 is 0 Å². The smallest absolute Gasteiger partial charge is 0.269 e. The Morgan fingerprint density at radius 3 is 2.12 bits per heavy atom. The quantitative estimate of drug-likeness (QED) is 0.789. The molecule has 25 heavy (non-hydrogen) atoms. The van der Waals surface area contributed by atoms with Crippen LogP contribution in [0.3, 0.4) is 0 Å². The van der Waals surface area contributed by atoms with Crippen molar-refractivity contribution < 1.29 is 18.0 Å². The lowest BCUT2D eigenvalue weighted by Crippen LogP contribution is -2.44. The molecule has 8 heteroatoms. The summed E-state index contributed by atoms with van der Waals surface area (Å²) in [4.78, 5) is 24.2. The van der Waals surface area contributed by atoms with Gasteiger partial charge in [-0.1, -0.05) is 12.8 Å². The molecule has 2 aliphatic rings. The average molecular weight is 365 g/mol. The predicted octanol–water partition coefficient (Wildman–Crippen LogP) is 1.42. The number of benzene rings is 1. The zero-order valence-electron chi connectivity index (χ0n) is 14.0. The predicted molar refractivity (Wildman–Crippen MR) is 92.0 cm³/mol. The van der Waals surface area contributed by atoms with Gasteiger partial charge in [0.15, 0.2) is 0 Å². The number of hydrogen-bond acceptors (Lipinski definition) is 4. The highest BCUT2D eigenvalue weighted by atomic mass is 32.2. The number of sulfonamides is 1. The zero-order chi connectivity index (χ0) is 17.9. The number of hydrazine groups is 1. The summed E-state index contributed by atoms with van der Waals surface area (Å²) in [5, 5.41) is 0. The molecule has 2 fully saturated rings. The van der Waals surface area contributed by atoms with Gasteiger partial charge in [0, 0.05) is 24.6 Å². The van der Waals surface area contributed by atoms with Gasteiger partial charge < -0.3 is 0 Å². The minimum Gasteiger partial charge on any atom is -0.273 e. The van der Waals surface area contributed by atoms with Crippen LogP contribution in [0.15, 0.2) is 29.2 Å². The molecule has 7 nitrogen and oxygen atoms in total. The van der Waals surface area contributed by atoms with Crippen molar-refractivity contribution in [2.24, 2.45) is 5.92 Å². The Hall–Kier alpha value is -1.93. The van der Waals surface area contributed by atoms with Gasteiger partial charge in [-0.05, 0) is 49.9 Å². The summed E-state index contributed by atoms with van der Waals surface area (Å²) in [6.07, 6.45) is 5.54. The van der Waals surface area contributed by atoms with E-state index in [1.54, 1.807) is 0 Å². The average Bonchev–Trinajstić information content (AvgIpc) is 3.33. The van der Waals surface area contributed by atoms with Crippen LogP contribution < -0.4 is 10.9 Å². The van der Waals surface area contributed by atoms with Crippen LogP contribution in [0, 0.1) is 5.92 Å². The Balaban J connectivity index is 1.59. The Morgan fingerprint density at radius 2 is 1.52 bits per heavy atom. The van der Waals surface area contributed by atoms with E-state index in [0.717, 1.165) is 38.5 Å². The van der Waals surface area contributed by atoms with Crippen LogP contribution >= 0.6 is 0 Å². The van der Waals surface area contributed by atoms with Gasteiger partial charge in [0.2, 0.25) is 15.9 Å². The molecular formula is C17H23N3O4S. The largest absolute Gasteiger partial charge is 0.273 e. The van der Waals surface area contributed by atoms with Crippen LogP contribution in [0.2, 0.25) is 0 Å². The molecule has 2 amide bonds. The SMILES string of the molecule is O=C(NNC(=O)C1CCCC1)c1ccc(S(=O)(=O)N2CCCC2)cc1. The summed E-state index contributed by atoms with van der Waals surface area (Å²) in [5.74, 6) is -0.663. The zero-order valence-corrected chi connectivity index (χ0v) is 14.8. The molecule has 0 atom stereocenters. The van der Waals surface area contributed by atoms with Gasteiger partial charge in [-0.3, -0.25) is 20.4 Å². The normalized spacial score (nSPS) is 19.0. The van der Waals surface area contributed by atoms with Crippen molar-refractivity contribution in [2.45, 2.75) is 43.4 Å². The van der Waals surface area contributed by atoms with Crippen LogP contribution in [-0.2, 0) is 14.8 Å². The highest BCUT2D eigenvalue weighted by Crippen LogP contribution is 2.24. The lowest BCUT2D eigenvalue weighted by atomic mass is 10.1. The van der Waals surface area contributed by atoms with Gasteiger partial charge in [0.25, 0.3) is 5.91 Å². The molecule has 1 aliphatic carbocycles. The van der Waals surface area contributed by atoms with E-state index in [-0.39, 0.29) is 16.7 Å². The molecule has 0 spiro atoms. The van der Waals surface area contributed by atoms with Crippen molar-refractivity contribution >= 4 is 21.8 Å². The van der Waals surface area contributed by atoms with Crippen molar-refractivity contribution in [2.75, 3.05) is 13.1 Å².